The number of sulfone groups is 1. The molecule has 5 aliphatic rings. The van der Waals surface area contributed by atoms with Crippen LogP contribution in [0.2, 0.25) is 0 Å². The molecule has 3 aliphatic carbocycles. The van der Waals surface area contributed by atoms with Crippen LogP contribution in [0.4, 0.5) is 14.9 Å². The van der Waals surface area contributed by atoms with Gasteiger partial charge in [-0.3, -0.25) is 4.79 Å². The molecule has 10 nitrogen and oxygen atoms in total. The van der Waals surface area contributed by atoms with Crippen LogP contribution in [0.25, 0.3) is 0 Å². The average molecular weight is 710 g/mol. The van der Waals surface area contributed by atoms with E-state index in [1.807, 2.05) is 18.2 Å². The quantitative estimate of drug-likeness (QED) is 0.296. The number of benzene rings is 2. The van der Waals surface area contributed by atoms with E-state index in [9.17, 15) is 18.0 Å². The minimum Gasteiger partial charge on any atom is -0.453 e. The molecule has 2 saturated heterocycles. The van der Waals surface area contributed by atoms with Gasteiger partial charge in [0.25, 0.3) is 0 Å². The van der Waals surface area contributed by atoms with Crippen molar-refractivity contribution in [2.24, 2.45) is 23.0 Å². The van der Waals surface area contributed by atoms with E-state index < -0.39 is 32.4 Å². The maximum atomic E-state index is 15.1. The highest BCUT2D eigenvalue weighted by Crippen LogP contribution is 2.76. The van der Waals surface area contributed by atoms with Crippen molar-refractivity contribution in [3.63, 3.8) is 0 Å². The first kappa shape index (κ1) is 35.2. The molecule has 5 fully saturated rings. The van der Waals surface area contributed by atoms with Crippen LogP contribution >= 0.6 is 0 Å². The number of likely N-dealkylation sites (tertiary alicyclic amines) is 1. The van der Waals surface area contributed by atoms with Gasteiger partial charge in [-0.1, -0.05) is 18.6 Å². The highest BCUT2D eigenvalue weighted by molar-refractivity contribution is 7.92. The lowest BCUT2D eigenvalue weighted by atomic mass is 9.56. The van der Waals surface area contributed by atoms with E-state index in [-0.39, 0.29) is 28.3 Å². The fraction of sp³-hybridized carbons (Fsp3) is 0.632. The van der Waals surface area contributed by atoms with Crippen LogP contribution in [-0.2, 0) is 24.8 Å². The van der Waals surface area contributed by atoms with E-state index >= 15 is 4.39 Å². The van der Waals surface area contributed by atoms with Gasteiger partial charge < -0.3 is 30.9 Å². The number of fused-ring (bicyclic) bond motifs is 1. The minimum absolute atomic E-state index is 0.129. The number of hydrogen-bond donors (Lipinski definition) is 3. The van der Waals surface area contributed by atoms with Crippen molar-refractivity contribution in [2.75, 3.05) is 51.3 Å². The SMILES string of the molecule is COC(=O)N[C@]12CCC[C@@]1([C@](CNC(=O)C(C)(C)N)(c1cccc(F)c1)C1CCN(CC3CN(c4ccc(S(=O)(=O)C5CC5)cc4)C3)CC1)C2. The second-order valence-electron chi connectivity index (χ2n) is 16.3. The number of halogens is 1. The number of alkyl carbamates (subject to hydrolysis) is 1. The Morgan fingerprint density at radius 3 is 2.36 bits per heavy atom. The van der Waals surface area contributed by atoms with Gasteiger partial charge in [0.2, 0.25) is 5.91 Å². The molecule has 0 radical (unpaired) electrons. The van der Waals surface area contributed by atoms with Crippen molar-refractivity contribution in [1.29, 1.82) is 0 Å². The summed E-state index contributed by atoms with van der Waals surface area (Å²) in [4.78, 5) is 31.3. The third kappa shape index (κ3) is 6.08. The first-order valence-electron chi connectivity index (χ1n) is 18.2. The maximum Gasteiger partial charge on any atom is 0.407 e. The molecule has 0 bridgehead atoms. The standard InChI is InChI=1S/C38H52FN5O5S/c1-35(2,40)33(45)41-25-38(28-6-4-7-29(39)20-28,36-16-5-17-37(36,24-36)42-34(46)49-3)27-14-18-43(19-15-27)21-26-22-44(23-26)30-8-10-31(11-9-30)50(47,48)32-12-13-32/h4,6-11,20,26-27,32H,5,12-19,21-25,40H2,1-3H3,(H,41,45)(H,42,46)/t36-,37+,38+/m1/s1. The summed E-state index contributed by atoms with van der Waals surface area (Å²) in [5.74, 6) is 0.0646. The fourth-order valence-electron chi connectivity index (χ4n) is 9.92. The Kier molecular flexibility index (Phi) is 8.99. The summed E-state index contributed by atoms with van der Waals surface area (Å²) in [6.07, 6.45) is 6.16. The zero-order chi connectivity index (χ0) is 35.5. The van der Waals surface area contributed by atoms with Gasteiger partial charge in [0, 0.05) is 48.6 Å². The van der Waals surface area contributed by atoms with Crippen LogP contribution < -0.4 is 21.3 Å². The summed E-state index contributed by atoms with van der Waals surface area (Å²) in [6, 6.07) is 14.2. The summed E-state index contributed by atoms with van der Waals surface area (Å²) in [5.41, 5.74) is 5.60. The van der Waals surface area contributed by atoms with E-state index in [2.05, 4.69) is 20.4 Å². The summed E-state index contributed by atoms with van der Waals surface area (Å²) < 4.78 is 45.4. The van der Waals surface area contributed by atoms with E-state index in [4.69, 9.17) is 10.5 Å². The molecule has 7 rings (SSSR count). The number of amides is 2. The predicted octanol–water partition coefficient (Wildman–Crippen LogP) is 4.37. The lowest BCUT2D eigenvalue weighted by Crippen LogP contribution is -2.60. The average Bonchev–Trinajstić information content (AvgIpc) is 3.99. The molecule has 3 saturated carbocycles. The third-order valence-electron chi connectivity index (χ3n) is 12.7. The molecule has 272 valence electrons. The molecule has 50 heavy (non-hydrogen) atoms. The number of nitrogens with zero attached hydrogens (tertiary/aromatic N) is 2. The summed E-state index contributed by atoms with van der Waals surface area (Å²) >= 11 is 0. The largest absolute Gasteiger partial charge is 0.453 e. The Balaban J connectivity index is 1.08. The maximum absolute atomic E-state index is 15.1. The Morgan fingerprint density at radius 2 is 1.74 bits per heavy atom. The van der Waals surface area contributed by atoms with Gasteiger partial charge in [-0.05, 0) is 120 Å². The Bertz CT molecular complexity index is 1720. The molecule has 0 spiro atoms. The normalized spacial score (nSPS) is 27.2. The van der Waals surface area contributed by atoms with Gasteiger partial charge in [0.05, 0.1) is 28.3 Å². The molecule has 2 aliphatic heterocycles. The topological polar surface area (TPSA) is 134 Å². The second-order valence-corrected chi connectivity index (χ2v) is 18.5. The lowest BCUT2D eigenvalue weighted by Gasteiger charge is -2.52. The van der Waals surface area contributed by atoms with E-state index in [1.54, 1.807) is 38.1 Å². The highest BCUT2D eigenvalue weighted by Gasteiger charge is 2.79. The van der Waals surface area contributed by atoms with Crippen LogP contribution in [0, 0.1) is 23.1 Å². The smallest absolute Gasteiger partial charge is 0.407 e. The van der Waals surface area contributed by atoms with Crippen LogP contribution in [0.3, 0.4) is 0 Å². The van der Waals surface area contributed by atoms with E-state index in [1.165, 1.54) is 13.2 Å². The number of hydrogen-bond acceptors (Lipinski definition) is 8. The molecule has 2 aromatic rings. The van der Waals surface area contributed by atoms with Crippen molar-refractivity contribution in [3.05, 3.63) is 59.9 Å². The first-order valence-corrected chi connectivity index (χ1v) is 19.8. The zero-order valence-corrected chi connectivity index (χ0v) is 30.4. The van der Waals surface area contributed by atoms with E-state index in [0.29, 0.717) is 17.4 Å². The first-order chi connectivity index (χ1) is 23.7. The molecule has 4 N–H and O–H groups in total. The van der Waals surface area contributed by atoms with Gasteiger partial charge in [-0.2, -0.15) is 0 Å². The molecule has 12 heteroatoms. The number of nitrogens with one attached hydrogen (secondary N) is 2. The summed E-state index contributed by atoms with van der Waals surface area (Å²) in [7, 11) is -1.81. The van der Waals surface area contributed by atoms with Crippen molar-refractivity contribution >= 4 is 27.5 Å². The number of carbonyl (C=O) groups excluding carboxylic acids is 2. The molecule has 0 unspecified atom stereocenters. The van der Waals surface area contributed by atoms with Crippen LogP contribution in [0.1, 0.15) is 70.8 Å². The number of piperidine rings is 1. The summed E-state index contributed by atoms with van der Waals surface area (Å²) in [6.45, 7) is 8.28. The molecule has 2 amide bonds. The predicted molar refractivity (Wildman–Crippen MR) is 190 cm³/mol. The number of carbonyl (C=O) groups is 2. The van der Waals surface area contributed by atoms with Crippen LogP contribution in [-0.4, -0.2) is 88.0 Å². The number of rotatable bonds is 12. The van der Waals surface area contributed by atoms with Gasteiger partial charge in [0.1, 0.15) is 5.82 Å². The Morgan fingerprint density at radius 1 is 1.04 bits per heavy atom. The molecular weight excluding hydrogens is 658 g/mol. The second kappa shape index (κ2) is 12.8. The van der Waals surface area contributed by atoms with Crippen LogP contribution in [0.5, 0.6) is 0 Å². The van der Waals surface area contributed by atoms with Gasteiger partial charge in [0.15, 0.2) is 9.84 Å². The van der Waals surface area contributed by atoms with Crippen molar-refractivity contribution in [2.45, 2.75) is 91.9 Å². The third-order valence-corrected chi connectivity index (χ3v) is 15.0. The molecule has 3 atom stereocenters. The summed E-state index contributed by atoms with van der Waals surface area (Å²) in [5, 5.41) is 6.22. The number of anilines is 1. The Labute approximate surface area is 295 Å². The van der Waals surface area contributed by atoms with Gasteiger partial charge in [-0.15, -0.1) is 0 Å². The van der Waals surface area contributed by atoms with Crippen molar-refractivity contribution in [1.82, 2.24) is 15.5 Å². The highest BCUT2D eigenvalue weighted by atomic mass is 32.2. The lowest BCUT2D eigenvalue weighted by molar-refractivity contribution is -0.126. The van der Waals surface area contributed by atoms with Crippen molar-refractivity contribution < 1.29 is 27.1 Å². The van der Waals surface area contributed by atoms with Crippen molar-refractivity contribution in [3.8, 4) is 0 Å². The molecule has 2 aromatic carbocycles. The molecular formula is C38H52FN5O5S. The van der Waals surface area contributed by atoms with Crippen LogP contribution in [0.15, 0.2) is 53.4 Å². The number of methoxy groups -OCH3 is 1. The minimum atomic E-state index is -3.19. The number of nitrogens with two attached hydrogens (primary N) is 1. The van der Waals surface area contributed by atoms with Gasteiger partial charge in [-0.25, -0.2) is 17.6 Å². The zero-order valence-electron chi connectivity index (χ0n) is 29.5. The fourth-order valence-corrected chi connectivity index (χ4v) is 11.6. The molecule has 0 aromatic heterocycles. The molecule has 2 heterocycles. The number of ether oxygens (including phenoxy) is 1. The van der Waals surface area contributed by atoms with Gasteiger partial charge >= 0.3 is 6.09 Å². The monoisotopic (exact) mass is 709 g/mol. The van der Waals surface area contributed by atoms with E-state index in [0.717, 1.165) is 95.3 Å². The Hall–Kier alpha value is -3.22.